The van der Waals surface area contributed by atoms with Crippen LogP contribution >= 0.6 is 0 Å². The largest absolute Gasteiger partial charge is 0.591 e. The Morgan fingerprint density at radius 2 is 1.71 bits per heavy atom. The number of aryl methyl sites for hydroxylation is 1. The molecule has 28 heavy (non-hydrogen) atoms. The summed E-state index contributed by atoms with van der Waals surface area (Å²) in [6, 6.07) is 15.8. The average molecular weight is 395 g/mol. The molecule has 3 aromatic rings. The van der Waals surface area contributed by atoms with Crippen LogP contribution in [0.25, 0.3) is 22.0 Å². The van der Waals surface area contributed by atoms with Crippen molar-refractivity contribution in [2.75, 3.05) is 0 Å². The maximum Gasteiger partial charge on any atom is 0.258 e. The van der Waals surface area contributed by atoms with Crippen molar-refractivity contribution in [2.45, 2.75) is 39.4 Å². The molecule has 2 aromatic carbocycles. The molecule has 0 aliphatic rings. The highest BCUT2D eigenvalue weighted by molar-refractivity contribution is 7.91. The third-order valence-corrected chi connectivity index (χ3v) is 6.19. The van der Waals surface area contributed by atoms with Gasteiger partial charge in [-0.25, -0.2) is 0 Å². The Hall–Kier alpha value is -2.37. The van der Waals surface area contributed by atoms with Gasteiger partial charge in [0.1, 0.15) is 16.1 Å². The molecule has 1 unspecified atom stereocenters. The van der Waals surface area contributed by atoms with Crippen molar-refractivity contribution in [1.29, 1.82) is 0 Å². The number of benzene rings is 2. The molecule has 0 bridgehead atoms. The molecule has 0 aliphatic carbocycles. The Kier molecular flexibility index (Phi) is 5.50. The summed E-state index contributed by atoms with van der Waals surface area (Å²) in [5.74, 6) is 0. The number of rotatable bonds is 3. The lowest BCUT2D eigenvalue weighted by atomic mass is 9.97. The predicted octanol–water partition coefficient (Wildman–Crippen LogP) is 4.79. The van der Waals surface area contributed by atoms with E-state index in [9.17, 15) is 9.35 Å². The maximum absolute atomic E-state index is 13.1. The van der Waals surface area contributed by atoms with Gasteiger partial charge >= 0.3 is 0 Å². The molecule has 3 rings (SSSR count). The van der Waals surface area contributed by atoms with Gasteiger partial charge < -0.3 is 9.12 Å². The second-order valence-corrected chi connectivity index (χ2v) is 9.98. The van der Waals surface area contributed by atoms with E-state index in [2.05, 4.69) is 4.40 Å². The number of aromatic nitrogens is 1. The third-order valence-electron chi connectivity index (χ3n) is 4.70. The van der Waals surface area contributed by atoms with Crippen molar-refractivity contribution >= 4 is 27.8 Å². The van der Waals surface area contributed by atoms with E-state index in [-0.39, 0.29) is 5.56 Å². The third kappa shape index (κ3) is 3.91. The van der Waals surface area contributed by atoms with Gasteiger partial charge in [-0.2, -0.15) is 0 Å². The van der Waals surface area contributed by atoms with Gasteiger partial charge in [0.2, 0.25) is 0 Å². The fraction of sp³-hybridized carbons (Fsp3) is 0.304. The number of nitrogens with zero attached hydrogens (tertiary/aromatic N) is 2. The number of hydrogen-bond donors (Lipinski definition) is 0. The standard InChI is InChI=1S/C23H26N2O2S/c1-15-12-18(16(2)24-28(27)23(3,4)5)19-14-21(17-10-8-7-9-11-17)25(6)22(26)20(19)13-15/h7-14H,1-6H3. The molecular formula is C23H26N2O2S. The molecule has 0 saturated heterocycles. The summed E-state index contributed by atoms with van der Waals surface area (Å²) < 4.78 is 18.2. The SMILES string of the molecule is CC(=N[S+]([O-])C(C)(C)C)c1cc(C)cc2c(=O)n(C)c(-c3ccccc3)cc12. The minimum atomic E-state index is -1.36. The predicted molar refractivity (Wildman–Crippen MR) is 119 cm³/mol. The molecule has 0 saturated carbocycles. The Bertz CT molecular complexity index is 1110. The maximum atomic E-state index is 13.1. The summed E-state index contributed by atoms with van der Waals surface area (Å²) in [5, 5.41) is 1.48. The first-order valence-electron chi connectivity index (χ1n) is 9.27. The average Bonchev–Trinajstić information content (AvgIpc) is 2.64. The van der Waals surface area contributed by atoms with Crippen molar-refractivity contribution in [2.24, 2.45) is 11.4 Å². The fourth-order valence-electron chi connectivity index (χ4n) is 3.15. The highest BCUT2D eigenvalue weighted by atomic mass is 32.2. The quantitative estimate of drug-likeness (QED) is 0.474. The second kappa shape index (κ2) is 7.57. The Morgan fingerprint density at radius 1 is 1.07 bits per heavy atom. The smallest absolute Gasteiger partial charge is 0.258 e. The molecular weight excluding hydrogens is 368 g/mol. The van der Waals surface area contributed by atoms with Crippen LogP contribution in [0.15, 0.2) is 57.7 Å². The monoisotopic (exact) mass is 394 g/mol. The second-order valence-electron chi connectivity index (χ2n) is 8.07. The van der Waals surface area contributed by atoms with Gasteiger partial charge in [-0.3, -0.25) is 4.79 Å². The number of fused-ring (bicyclic) bond motifs is 1. The van der Waals surface area contributed by atoms with E-state index in [1.54, 1.807) is 11.6 Å². The zero-order valence-corrected chi connectivity index (χ0v) is 18.1. The van der Waals surface area contributed by atoms with Crippen LogP contribution in [0.5, 0.6) is 0 Å². The zero-order valence-electron chi connectivity index (χ0n) is 17.2. The first-order valence-corrected chi connectivity index (χ1v) is 10.4. The lowest BCUT2D eigenvalue weighted by Gasteiger charge is -2.19. The van der Waals surface area contributed by atoms with Gasteiger partial charge in [0.05, 0.1) is 11.4 Å². The van der Waals surface area contributed by atoms with E-state index >= 15 is 0 Å². The van der Waals surface area contributed by atoms with Gasteiger partial charge in [-0.15, -0.1) is 0 Å². The van der Waals surface area contributed by atoms with Gasteiger partial charge in [0.15, 0.2) is 0 Å². The topological polar surface area (TPSA) is 57.4 Å². The van der Waals surface area contributed by atoms with Crippen LogP contribution < -0.4 is 5.56 Å². The van der Waals surface area contributed by atoms with Crippen LogP contribution in [0.1, 0.15) is 38.8 Å². The summed E-state index contributed by atoms with van der Waals surface area (Å²) in [5.41, 5.74) is 4.27. The van der Waals surface area contributed by atoms with Gasteiger partial charge in [-0.1, -0.05) is 34.7 Å². The molecule has 146 valence electrons. The molecule has 0 radical (unpaired) electrons. The van der Waals surface area contributed by atoms with Crippen LogP contribution in [-0.2, 0) is 18.4 Å². The molecule has 1 heterocycles. The molecule has 0 fully saturated rings. The van der Waals surface area contributed by atoms with Gasteiger partial charge in [0.25, 0.3) is 5.56 Å². The summed E-state index contributed by atoms with van der Waals surface area (Å²) in [6.07, 6.45) is 0. The van der Waals surface area contributed by atoms with E-state index in [1.165, 1.54) is 0 Å². The summed E-state index contributed by atoms with van der Waals surface area (Å²) >= 11 is -1.36. The molecule has 5 heteroatoms. The van der Waals surface area contributed by atoms with Crippen LogP contribution in [0, 0.1) is 6.92 Å². The van der Waals surface area contributed by atoms with Crippen LogP contribution in [-0.4, -0.2) is 19.6 Å². The highest BCUT2D eigenvalue weighted by Crippen LogP contribution is 2.27. The zero-order chi connectivity index (χ0) is 20.6. The fourth-order valence-corrected chi connectivity index (χ4v) is 3.77. The van der Waals surface area contributed by atoms with E-state index in [0.29, 0.717) is 11.1 Å². The minimum absolute atomic E-state index is 0.0500. The van der Waals surface area contributed by atoms with E-state index in [1.807, 2.05) is 83.1 Å². The first-order chi connectivity index (χ1) is 13.1. The van der Waals surface area contributed by atoms with Gasteiger partial charge in [-0.05, 0) is 69.3 Å². The number of hydrogen-bond acceptors (Lipinski definition) is 3. The van der Waals surface area contributed by atoms with Crippen molar-refractivity contribution in [1.82, 2.24) is 4.57 Å². The van der Waals surface area contributed by atoms with Crippen LogP contribution in [0.2, 0.25) is 0 Å². The Balaban J connectivity index is 2.31. The van der Waals surface area contributed by atoms with Crippen molar-refractivity contribution in [3.63, 3.8) is 0 Å². The van der Waals surface area contributed by atoms with Crippen LogP contribution in [0.4, 0.5) is 0 Å². The van der Waals surface area contributed by atoms with E-state index in [4.69, 9.17) is 0 Å². The molecule has 0 aliphatic heterocycles. The van der Waals surface area contributed by atoms with E-state index in [0.717, 1.165) is 27.8 Å². The first kappa shape index (κ1) is 20.4. The summed E-state index contributed by atoms with van der Waals surface area (Å²) in [7, 11) is 1.79. The lowest BCUT2D eigenvalue weighted by Crippen LogP contribution is -2.27. The number of pyridine rings is 1. The van der Waals surface area contributed by atoms with Crippen molar-refractivity contribution < 1.29 is 4.55 Å². The van der Waals surface area contributed by atoms with Crippen LogP contribution in [0.3, 0.4) is 0 Å². The summed E-state index contributed by atoms with van der Waals surface area (Å²) in [4.78, 5) is 13.1. The van der Waals surface area contributed by atoms with Gasteiger partial charge in [0, 0.05) is 18.0 Å². The normalized spacial score (nSPS) is 13.8. The lowest BCUT2D eigenvalue weighted by molar-refractivity contribution is 0.561. The Labute approximate surface area is 169 Å². The molecule has 0 spiro atoms. The molecule has 1 atom stereocenters. The molecule has 0 amide bonds. The molecule has 1 aromatic heterocycles. The molecule has 4 nitrogen and oxygen atoms in total. The highest BCUT2D eigenvalue weighted by Gasteiger charge is 2.27. The summed E-state index contributed by atoms with van der Waals surface area (Å²) in [6.45, 7) is 9.52. The minimum Gasteiger partial charge on any atom is -0.591 e. The van der Waals surface area contributed by atoms with Crippen molar-refractivity contribution in [3.8, 4) is 11.3 Å². The Morgan fingerprint density at radius 3 is 2.32 bits per heavy atom. The molecule has 0 N–H and O–H groups in total. The van der Waals surface area contributed by atoms with E-state index < -0.39 is 16.1 Å². The van der Waals surface area contributed by atoms with Crippen molar-refractivity contribution in [3.05, 3.63) is 70.0 Å².